The molecule has 136 valence electrons. The van der Waals surface area contributed by atoms with Gasteiger partial charge in [-0.15, -0.1) is 11.3 Å². The van der Waals surface area contributed by atoms with E-state index in [0.717, 1.165) is 27.6 Å². The zero-order valence-electron chi connectivity index (χ0n) is 14.8. The molecule has 0 fully saturated rings. The van der Waals surface area contributed by atoms with Crippen LogP contribution in [0, 0.1) is 0 Å². The van der Waals surface area contributed by atoms with Gasteiger partial charge < -0.3 is 5.32 Å². The van der Waals surface area contributed by atoms with E-state index in [1.54, 1.807) is 15.9 Å². The number of rotatable bonds is 5. The third-order valence-electron chi connectivity index (χ3n) is 4.44. The standard InChI is InChI=1S/C21H16N6S/c1-3-7-15(8-4-1)17-13-18(27-21(25-17)23-14-24-27)26-19(20-22-11-12-28-20)16-9-5-2-6-10-16/h1-14,19,26H. The van der Waals surface area contributed by atoms with Crippen LogP contribution in [0.3, 0.4) is 0 Å². The van der Waals surface area contributed by atoms with Crippen LogP contribution < -0.4 is 5.32 Å². The Labute approximate surface area is 165 Å². The number of aromatic nitrogens is 5. The molecule has 3 aromatic heterocycles. The van der Waals surface area contributed by atoms with Crippen molar-refractivity contribution >= 4 is 22.9 Å². The van der Waals surface area contributed by atoms with E-state index < -0.39 is 0 Å². The van der Waals surface area contributed by atoms with Crippen LogP contribution in [-0.2, 0) is 0 Å². The van der Waals surface area contributed by atoms with E-state index in [1.807, 2.05) is 66.2 Å². The number of anilines is 1. The molecule has 2 aromatic carbocycles. The molecule has 5 aromatic rings. The van der Waals surface area contributed by atoms with Crippen molar-refractivity contribution in [1.29, 1.82) is 0 Å². The molecular formula is C21H16N6S. The fourth-order valence-corrected chi connectivity index (χ4v) is 3.84. The maximum absolute atomic E-state index is 4.65. The summed E-state index contributed by atoms with van der Waals surface area (Å²) >= 11 is 1.62. The van der Waals surface area contributed by atoms with Crippen molar-refractivity contribution in [2.75, 3.05) is 5.32 Å². The summed E-state index contributed by atoms with van der Waals surface area (Å²) in [6.45, 7) is 0. The van der Waals surface area contributed by atoms with E-state index in [9.17, 15) is 0 Å². The van der Waals surface area contributed by atoms with Gasteiger partial charge in [0.25, 0.3) is 5.78 Å². The number of thiazole rings is 1. The molecule has 0 saturated carbocycles. The normalized spacial score (nSPS) is 12.1. The highest BCUT2D eigenvalue weighted by Gasteiger charge is 2.19. The van der Waals surface area contributed by atoms with Gasteiger partial charge in [0.1, 0.15) is 23.2 Å². The lowest BCUT2D eigenvalue weighted by molar-refractivity contribution is 0.866. The average molecular weight is 384 g/mol. The lowest BCUT2D eigenvalue weighted by Crippen LogP contribution is -2.15. The first-order valence-electron chi connectivity index (χ1n) is 8.85. The van der Waals surface area contributed by atoms with E-state index in [0.29, 0.717) is 5.78 Å². The first kappa shape index (κ1) is 16.6. The van der Waals surface area contributed by atoms with E-state index in [1.165, 1.54) is 6.33 Å². The summed E-state index contributed by atoms with van der Waals surface area (Å²) in [5.41, 5.74) is 3.00. The van der Waals surface area contributed by atoms with Gasteiger partial charge in [-0.3, -0.25) is 0 Å². The second-order valence-corrected chi connectivity index (χ2v) is 7.15. The predicted octanol–water partition coefficient (Wildman–Crippen LogP) is 4.45. The topological polar surface area (TPSA) is 68.0 Å². The Bertz CT molecular complexity index is 1190. The Kier molecular flexibility index (Phi) is 4.27. The molecule has 0 radical (unpaired) electrons. The smallest absolute Gasteiger partial charge is 0.254 e. The summed E-state index contributed by atoms with van der Waals surface area (Å²) in [5.74, 6) is 1.36. The Hall–Kier alpha value is -3.58. The Morgan fingerprint density at radius 3 is 2.46 bits per heavy atom. The molecule has 0 saturated heterocycles. The van der Waals surface area contributed by atoms with Crippen LogP contribution in [-0.4, -0.2) is 24.6 Å². The van der Waals surface area contributed by atoms with Gasteiger partial charge in [0, 0.05) is 23.2 Å². The minimum atomic E-state index is -0.0976. The molecule has 1 N–H and O–H groups in total. The summed E-state index contributed by atoms with van der Waals surface area (Å²) in [6.07, 6.45) is 3.34. The van der Waals surface area contributed by atoms with E-state index in [4.69, 9.17) is 0 Å². The predicted molar refractivity (Wildman–Crippen MR) is 110 cm³/mol. The third-order valence-corrected chi connectivity index (χ3v) is 5.29. The van der Waals surface area contributed by atoms with Crippen LogP contribution in [0.5, 0.6) is 0 Å². The number of nitrogens with zero attached hydrogens (tertiary/aromatic N) is 5. The van der Waals surface area contributed by atoms with E-state index in [2.05, 4.69) is 37.5 Å². The van der Waals surface area contributed by atoms with Crippen molar-refractivity contribution in [3.8, 4) is 11.3 Å². The fraction of sp³-hybridized carbons (Fsp3) is 0.0476. The number of fused-ring (bicyclic) bond motifs is 1. The maximum atomic E-state index is 4.65. The van der Waals surface area contributed by atoms with Crippen LogP contribution >= 0.6 is 11.3 Å². The first-order valence-corrected chi connectivity index (χ1v) is 9.73. The first-order chi connectivity index (χ1) is 13.9. The van der Waals surface area contributed by atoms with Gasteiger partial charge in [0.15, 0.2) is 0 Å². The van der Waals surface area contributed by atoms with Crippen molar-refractivity contribution in [3.05, 3.63) is 95.2 Å². The largest absolute Gasteiger partial charge is 0.357 e. The van der Waals surface area contributed by atoms with Gasteiger partial charge >= 0.3 is 0 Å². The molecule has 0 aliphatic heterocycles. The lowest BCUT2D eigenvalue weighted by Gasteiger charge is -2.19. The highest BCUT2D eigenvalue weighted by atomic mass is 32.1. The minimum absolute atomic E-state index is 0.0976. The van der Waals surface area contributed by atoms with E-state index in [-0.39, 0.29) is 6.04 Å². The Morgan fingerprint density at radius 2 is 1.71 bits per heavy atom. The molecule has 6 nitrogen and oxygen atoms in total. The molecule has 0 aliphatic rings. The van der Waals surface area contributed by atoms with Crippen molar-refractivity contribution in [3.63, 3.8) is 0 Å². The van der Waals surface area contributed by atoms with Gasteiger partial charge in [0.05, 0.1) is 5.69 Å². The van der Waals surface area contributed by atoms with Crippen molar-refractivity contribution in [2.45, 2.75) is 6.04 Å². The SMILES string of the molecule is c1ccc(-c2cc(NC(c3ccccc3)c3nccs3)n3ncnc3n2)cc1. The van der Waals surface area contributed by atoms with Gasteiger partial charge in [-0.25, -0.2) is 9.97 Å². The molecule has 0 spiro atoms. The average Bonchev–Trinajstić information content (AvgIpc) is 3.45. The highest BCUT2D eigenvalue weighted by molar-refractivity contribution is 7.09. The van der Waals surface area contributed by atoms with Gasteiger partial charge in [-0.05, 0) is 5.56 Å². The van der Waals surface area contributed by atoms with Crippen LogP contribution in [0.15, 0.2) is 84.6 Å². The summed E-state index contributed by atoms with van der Waals surface area (Å²) in [7, 11) is 0. The zero-order chi connectivity index (χ0) is 18.8. The summed E-state index contributed by atoms with van der Waals surface area (Å²) < 4.78 is 1.72. The molecule has 7 heteroatoms. The van der Waals surface area contributed by atoms with Crippen LogP contribution in [0.2, 0.25) is 0 Å². The molecule has 0 aliphatic carbocycles. The monoisotopic (exact) mass is 384 g/mol. The summed E-state index contributed by atoms with van der Waals surface area (Å²) in [5, 5.41) is 10.9. The molecule has 28 heavy (non-hydrogen) atoms. The van der Waals surface area contributed by atoms with Crippen LogP contribution in [0.1, 0.15) is 16.6 Å². The zero-order valence-corrected chi connectivity index (χ0v) is 15.6. The Balaban J connectivity index is 1.62. The number of hydrogen-bond donors (Lipinski definition) is 1. The highest BCUT2D eigenvalue weighted by Crippen LogP contribution is 2.29. The molecule has 3 heterocycles. The maximum Gasteiger partial charge on any atom is 0.254 e. The number of benzene rings is 2. The molecule has 1 atom stereocenters. The van der Waals surface area contributed by atoms with E-state index >= 15 is 0 Å². The second kappa shape index (κ2) is 7.21. The fourth-order valence-electron chi connectivity index (χ4n) is 3.13. The van der Waals surface area contributed by atoms with Crippen molar-refractivity contribution < 1.29 is 0 Å². The van der Waals surface area contributed by atoms with Gasteiger partial charge in [0.2, 0.25) is 0 Å². The quantitative estimate of drug-likeness (QED) is 0.485. The Morgan fingerprint density at radius 1 is 0.929 bits per heavy atom. The van der Waals surface area contributed by atoms with Gasteiger partial charge in [-0.2, -0.15) is 14.6 Å². The number of hydrogen-bond acceptors (Lipinski definition) is 6. The van der Waals surface area contributed by atoms with Crippen LogP contribution in [0.25, 0.3) is 17.0 Å². The molecular weight excluding hydrogens is 368 g/mol. The molecule has 0 amide bonds. The van der Waals surface area contributed by atoms with Gasteiger partial charge in [-0.1, -0.05) is 60.7 Å². The molecule has 1 unspecified atom stereocenters. The summed E-state index contributed by atoms with van der Waals surface area (Å²) in [4.78, 5) is 13.5. The molecule has 0 bridgehead atoms. The van der Waals surface area contributed by atoms with Crippen LogP contribution in [0.4, 0.5) is 5.82 Å². The second-order valence-electron chi connectivity index (χ2n) is 6.22. The third kappa shape index (κ3) is 3.12. The van der Waals surface area contributed by atoms with Crippen molar-refractivity contribution in [2.24, 2.45) is 0 Å². The summed E-state index contributed by atoms with van der Waals surface area (Å²) in [6, 6.07) is 22.2. The number of nitrogens with one attached hydrogen (secondary N) is 1. The lowest BCUT2D eigenvalue weighted by atomic mass is 10.1. The minimum Gasteiger partial charge on any atom is -0.357 e. The molecule has 5 rings (SSSR count). The van der Waals surface area contributed by atoms with Crippen molar-refractivity contribution in [1.82, 2.24) is 24.6 Å².